The van der Waals surface area contributed by atoms with Gasteiger partial charge in [-0.2, -0.15) is 0 Å². The number of fused-ring (bicyclic) bond motifs is 4. The summed E-state index contributed by atoms with van der Waals surface area (Å²) in [6, 6.07) is 16.4. The molecule has 0 amide bonds. The van der Waals surface area contributed by atoms with Crippen LogP contribution < -0.4 is 0 Å². The summed E-state index contributed by atoms with van der Waals surface area (Å²) in [5.74, 6) is 3.95. The van der Waals surface area contributed by atoms with E-state index in [9.17, 15) is 0 Å². The fourth-order valence-corrected chi connectivity index (χ4v) is 13.8. The fourth-order valence-electron chi connectivity index (χ4n) is 6.18. The molecule has 0 unspecified atom stereocenters. The van der Waals surface area contributed by atoms with Crippen molar-refractivity contribution in [3.63, 3.8) is 0 Å². The molecule has 35 heavy (non-hydrogen) atoms. The zero-order valence-corrected chi connectivity index (χ0v) is 24.5. The van der Waals surface area contributed by atoms with Crippen molar-refractivity contribution < 1.29 is 0 Å². The molecule has 0 saturated heterocycles. The number of thiophene rings is 2. The lowest BCUT2D eigenvalue weighted by Crippen LogP contribution is -2.45. The third-order valence-electron chi connectivity index (χ3n) is 8.79. The molecule has 0 fully saturated rings. The van der Waals surface area contributed by atoms with Crippen molar-refractivity contribution in [3.8, 4) is 11.5 Å². The molecule has 2 aromatic heterocycles. The van der Waals surface area contributed by atoms with Gasteiger partial charge >= 0.3 is 0 Å². The highest BCUT2D eigenvalue weighted by atomic mass is 32.1. The van der Waals surface area contributed by atoms with E-state index < -0.39 is 8.07 Å². The number of hydrogen-bond donors (Lipinski definition) is 0. The van der Waals surface area contributed by atoms with Crippen molar-refractivity contribution in [2.24, 2.45) is 0 Å². The molecule has 0 aliphatic carbocycles. The first-order valence-electron chi connectivity index (χ1n) is 13.2. The molecule has 5 aromatic rings. The predicted octanol–water partition coefficient (Wildman–Crippen LogP) is 11.2. The van der Waals surface area contributed by atoms with E-state index in [2.05, 4.69) is 106 Å². The number of hydrogen-bond acceptors (Lipinski definition) is 2. The second-order valence-electron chi connectivity index (χ2n) is 10.4. The monoisotopic (exact) mass is 512 g/mol. The summed E-state index contributed by atoms with van der Waals surface area (Å²) in [5.41, 5.74) is 7.47. The maximum absolute atomic E-state index is 4.16. The van der Waals surface area contributed by atoms with Gasteiger partial charge in [0, 0.05) is 15.0 Å². The highest BCUT2D eigenvalue weighted by Gasteiger charge is 2.45. The molecule has 3 atom stereocenters. The van der Waals surface area contributed by atoms with Gasteiger partial charge in [0.05, 0.1) is 0 Å². The second-order valence-corrected chi connectivity index (χ2v) is 17.4. The molecule has 0 aliphatic heterocycles. The SMILES string of the molecule is CC[C@@H](C)[Si](C#Cc1c2cc3ccsc3cc2cc2cc3sccc3cc12)([C@H](C)CC)[C@@H](C)CC. The van der Waals surface area contributed by atoms with Crippen LogP contribution in [0.15, 0.2) is 53.2 Å². The van der Waals surface area contributed by atoms with Crippen LogP contribution in [0.3, 0.4) is 0 Å². The quantitative estimate of drug-likeness (QED) is 0.120. The Kier molecular flexibility index (Phi) is 6.83. The van der Waals surface area contributed by atoms with Gasteiger partial charge in [-0.15, -0.1) is 28.2 Å². The van der Waals surface area contributed by atoms with Gasteiger partial charge in [-0.25, -0.2) is 0 Å². The van der Waals surface area contributed by atoms with Crippen LogP contribution in [0.25, 0.3) is 41.7 Å². The van der Waals surface area contributed by atoms with Crippen LogP contribution in [0, 0.1) is 11.5 Å². The summed E-state index contributed by atoms with van der Waals surface area (Å²) in [4.78, 5) is 0. The molecule has 5 rings (SSSR count). The molecule has 0 N–H and O–H groups in total. The van der Waals surface area contributed by atoms with Gasteiger partial charge in [-0.1, -0.05) is 66.7 Å². The Morgan fingerprint density at radius 3 is 1.54 bits per heavy atom. The summed E-state index contributed by atoms with van der Waals surface area (Å²) >= 11 is 3.66. The van der Waals surface area contributed by atoms with E-state index in [0.717, 1.165) is 0 Å². The molecule has 2 heterocycles. The Morgan fingerprint density at radius 2 is 1.11 bits per heavy atom. The summed E-state index contributed by atoms with van der Waals surface area (Å²) in [6.45, 7) is 14.6. The van der Waals surface area contributed by atoms with Crippen molar-refractivity contribution >= 4 is 72.5 Å². The van der Waals surface area contributed by atoms with E-state index in [-0.39, 0.29) is 0 Å². The maximum atomic E-state index is 4.16. The van der Waals surface area contributed by atoms with Gasteiger partial charge in [0.1, 0.15) is 8.07 Å². The second kappa shape index (κ2) is 9.73. The van der Waals surface area contributed by atoms with E-state index >= 15 is 0 Å². The highest BCUT2D eigenvalue weighted by molar-refractivity contribution is 7.17. The highest BCUT2D eigenvalue weighted by Crippen LogP contribution is 2.46. The normalized spacial score (nSPS) is 14.9. The fraction of sp³-hybridized carbons (Fsp3) is 0.375. The maximum Gasteiger partial charge on any atom is 0.147 e. The lowest BCUT2D eigenvalue weighted by atomic mass is 9.95. The molecular weight excluding hydrogens is 477 g/mol. The Hall–Kier alpha value is -2.12. The standard InChI is InChI=1S/C32H36S2Si/c1-7-21(4)35(22(5)8-2,23(6)9-3)15-12-28-29-17-24-10-13-33-31(24)19-26(29)16-27-20-32-25(11-14-34-32)18-30(27)28/h10-11,13-14,16-23H,7-9H2,1-6H3/t21-,22-,23+/m1/s1. The van der Waals surface area contributed by atoms with Gasteiger partial charge in [0.2, 0.25) is 0 Å². The lowest BCUT2D eigenvalue weighted by molar-refractivity contribution is 0.702. The van der Waals surface area contributed by atoms with Crippen molar-refractivity contribution in [1.82, 2.24) is 0 Å². The van der Waals surface area contributed by atoms with Gasteiger partial charge in [0.25, 0.3) is 0 Å². The lowest BCUT2D eigenvalue weighted by Gasteiger charge is -2.41. The average molecular weight is 513 g/mol. The van der Waals surface area contributed by atoms with Crippen LogP contribution in [0.4, 0.5) is 0 Å². The van der Waals surface area contributed by atoms with Crippen LogP contribution in [0.1, 0.15) is 66.4 Å². The molecule has 180 valence electrons. The van der Waals surface area contributed by atoms with Crippen LogP contribution in [0.5, 0.6) is 0 Å². The van der Waals surface area contributed by atoms with Gasteiger partial charge in [-0.3, -0.25) is 0 Å². The first-order valence-corrected chi connectivity index (χ1v) is 17.2. The summed E-state index contributed by atoms with van der Waals surface area (Å²) in [7, 11) is -1.90. The molecule has 0 nitrogen and oxygen atoms in total. The Bertz CT molecular complexity index is 1460. The minimum absolute atomic E-state index is 0.688. The van der Waals surface area contributed by atoms with Crippen molar-refractivity contribution in [2.75, 3.05) is 0 Å². The molecular formula is C32H36S2Si. The van der Waals surface area contributed by atoms with E-state index in [1.54, 1.807) is 0 Å². The van der Waals surface area contributed by atoms with Crippen LogP contribution in [0.2, 0.25) is 16.6 Å². The van der Waals surface area contributed by atoms with E-state index in [1.165, 1.54) is 66.5 Å². The third kappa shape index (κ3) is 4.04. The molecule has 0 aliphatic rings. The minimum atomic E-state index is -1.90. The largest absolute Gasteiger partial charge is 0.147 e. The predicted molar refractivity (Wildman–Crippen MR) is 164 cm³/mol. The minimum Gasteiger partial charge on any atom is -0.144 e. The number of benzene rings is 3. The van der Waals surface area contributed by atoms with E-state index in [1.807, 2.05) is 22.7 Å². The zero-order valence-electron chi connectivity index (χ0n) is 21.9. The van der Waals surface area contributed by atoms with Crippen molar-refractivity contribution in [3.05, 3.63) is 58.8 Å². The molecule has 3 heteroatoms. The van der Waals surface area contributed by atoms with E-state index in [0.29, 0.717) is 16.6 Å². The van der Waals surface area contributed by atoms with Crippen LogP contribution in [-0.2, 0) is 0 Å². The van der Waals surface area contributed by atoms with Crippen LogP contribution >= 0.6 is 22.7 Å². The third-order valence-corrected chi connectivity index (χ3v) is 17.2. The average Bonchev–Trinajstić information content (AvgIpc) is 3.53. The van der Waals surface area contributed by atoms with E-state index in [4.69, 9.17) is 0 Å². The molecule has 0 spiro atoms. The number of rotatable bonds is 6. The molecule has 0 radical (unpaired) electrons. The van der Waals surface area contributed by atoms with Gasteiger partial charge in [0.15, 0.2) is 0 Å². The van der Waals surface area contributed by atoms with Gasteiger partial charge < -0.3 is 0 Å². The summed E-state index contributed by atoms with van der Waals surface area (Å²) in [6.07, 6.45) is 3.66. The first kappa shape index (κ1) is 24.6. The molecule has 0 saturated carbocycles. The summed E-state index contributed by atoms with van der Waals surface area (Å²) in [5, 5.41) is 12.3. The Labute approximate surface area is 219 Å². The Balaban J connectivity index is 1.87. The first-order chi connectivity index (χ1) is 16.9. The molecule has 3 aromatic carbocycles. The van der Waals surface area contributed by atoms with Crippen molar-refractivity contribution in [2.45, 2.75) is 77.4 Å². The van der Waals surface area contributed by atoms with Crippen molar-refractivity contribution in [1.29, 1.82) is 0 Å². The summed E-state index contributed by atoms with van der Waals surface area (Å²) < 4.78 is 2.71. The van der Waals surface area contributed by atoms with Crippen LogP contribution in [-0.4, -0.2) is 8.07 Å². The zero-order chi connectivity index (χ0) is 24.7. The van der Waals surface area contributed by atoms with Gasteiger partial charge in [-0.05, 0) is 102 Å². The smallest absolute Gasteiger partial charge is 0.144 e. The topological polar surface area (TPSA) is 0 Å². The molecule has 0 bridgehead atoms. The Morgan fingerprint density at radius 1 is 0.657 bits per heavy atom.